The van der Waals surface area contributed by atoms with Crippen LogP contribution in [0.2, 0.25) is 0 Å². The number of benzene rings is 2. The van der Waals surface area contributed by atoms with Crippen LogP contribution < -0.4 is 31.5 Å². The number of aliphatic hydroxyl groups excluding tert-OH is 6. The van der Waals surface area contributed by atoms with Gasteiger partial charge in [0.2, 0.25) is 11.8 Å². The highest BCUT2D eigenvalue weighted by molar-refractivity contribution is 14.1. The number of halogens is 6. The van der Waals surface area contributed by atoms with Crippen molar-refractivity contribution in [3.05, 3.63) is 43.7 Å². The van der Waals surface area contributed by atoms with Gasteiger partial charge < -0.3 is 67.2 Å². The topological polar surface area (TPSA) is 307 Å². The van der Waals surface area contributed by atoms with Crippen molar-refractivity contribution in [3.63, 3.8) is 0 Å². The molecule has 4 atom stereocenters. The molecule has 0 saturated carbocycles. The van der Waals surface area contributed by atoms with Crippen LogP contribution in [-0.2, 0) is 9.59 Å². The summed E-state index contributed by atoms with van der Waals surface area (Å²) in [6.45, 7) is -0.154. The molecule has 2 rings (SSSR count). The van der Waals surface area contributed by atoms with Gasteiger partial charge in [-0.1, -0.05) is 0 Å². The lowest BCUT2D eigenvalue weighted by molar-refractivity contribution is -0.116. The Balaban J connectivity index is 0.00000103. The quantitative estimate of drug-likeness (QED) is 0.0993. The number of hydrogen-bond acceptors (Lipinski definition) is 13. The Kier molecular flexibility index (Phi) is 24.0. The molecular formula is C31H38I6N6O13. The zero-order valence-corrected chi connectivity index (χ0v) is 42.6. The third-order valence-corrected chi connectivity index (χ3v) is 13.8. The fourth-order valence-electron chi connectivity index (χ4n) is 4.37. The van der Waals surface area contributed by atoms with Gasteiger partial charge in [0, 0.05) is 41.2 Å². The van der Waals surface area contributed by atoms with Crippen molar-refractivity contribution in [2.45, 2.75) is 31.3 Å². The maximum atomic E-state index is 13.4. The molecule has 0 saturated heterocycles. The van der Waals surface area contributed by atoms with Crippen molar-refractivity contribution in [1.82, 2.24) is 21.3 Å². The van der Waals surface area contributed by atoms with Crippen LogP contribution in [0.4, 0.5) is 11.4 Å². The summed E-state index contributed by atoms with van der Waals surface area (Å²) in [5.74, 6) is -4.14. The second kappa shape index (κ2) is 25.2. The Morgan fingerprint density at radius 2 is 1.14 bits per heavy atom. The highest BCUT2D eigenvalue weighted by atomic mass is 127. The van der Waals surface area contributed by atoms with Crippen LogP contribution in [0.25, 0.3) is 0 Å². The summed E-state index contributed by atoms with van der Waals surface area (Å²) in [5.41, 5.74) is 0.529. The minimum Gasteiger partial charge on any atom is -0.478 e. The summed E-state index contributed by atoms with van der Waals surface area (Å²) in [4.78, 5) is 77.6. The average Bonchev–Trinajstić information content (AvgIpc) is 3.13. The molecule has 312 valence electrons. The first kappa shape index (κ1) is 53.4. The molecule has 0 fully saturated rings. The van der Waals surface area contributed by atoms with Crippen LogP contribution in [0.5, 0.6) is 0 Å². The molecule has 19 nitrogen and oxygen atoms in total. The second-order valence-corrected chi connectivity index (χ2v) is 17.6. The van der Waals surface area contributed by atoms with Crippen LogP contribution >= 0.6 is 136 Å². The summed E-state index contributed by atoms with van der Waals surface area (Å²) >= 11 is 11.1. The molecule has 5 amide bonds. The third kappa shape index (κ3) is 13.7. The Hall–Kier alpha value is -0.640. The smallest absolute Gasteiger partial charge is 0.337 e. The number of nitrogens with zero attached hydrogens (tertiary/aromatic N) is 1. The number of likely N-dealkylation sites (N-methyl/N-ethyl adjacent to an activating group) is 1. The summed E-state index contributed by atoms with van der Waals surface area (Å²) in [6, 6.07) is 0. The first-order valence-electron chi connectivity index (χ1n) is 15.6. The van der Waals surface area contributed by atoms with E-state index in [0.717, 1.165) is 0 Å². The predicted molar refractivity (Wildman–Crippen MR) is 254 cm³/mol. The lowest BCUT2D eigenvalue weighted by Crippen LogP contribution is -2.48. The molecule has 25 heteroatoms. The van der Waals surface area contributed by atoms with Crippen molar-refractivity contribution in [2.24, 2.45) is 0 Å². The van der Waals surface area contributed by atoms with E-state index in [-0.39, 0.29) is 64.3 Å². The average molecular weight is 1460 g/mol. The molecule has 0 aromatic heterocycles. The van der Waals surface area contributed by atoms with Gasteiger partial charge in [0.1, 0.15) is 18.3 Å². The molecule has 0 aliphatic heterocycles. The molecule has 0 aliphatic carbocycles. The fraction of sp³-hybridized carbons (Fsp3) is 0.419. The summed E-state index contributed by atoms with van der Waals surface area (Å²) < 4.78 is 1.76. The van der Waals surface area contributed by atoms with Gasteiger partial charge in [-0.2, -0.15) is 0 Å². The van der Waals surface area contributed by atoms with E-state index in [1.54, 1.807) is 52.2 Å². The van der Waals surface area contributed by atoms with Gasteiger partial charge in [0.15, 0.2) is 0 Å². The van der Waals surface area contributed by atoms with Crippen molar-refractivity contribution < 1.29 is 64.5 Å². The highest BCUT2D eigenvalue weighted by Gasteiger charge is 2.32. The Bertz CT molecular complexity index is 1820. The van der Waals surface area contributed by atoms with E-state index in [0.29, 0.717) is 16.4 Å². The van der Waals surface area contributed by atoms with Crippen molar-refractivity contribution >= 4 is 182 Å². The molecule has 2 aromatic carbocycles. The number of carbonyl (C=O) groups is 6. The summed E-state index contributed by atoms with van der Waals surface area (Å²) in [7, 11) is 4.53. The molecule has 4 unspecified atom stereocenters. The standard InChI is InChI=1S/C24H21I6N5O8.C7H17NO5/c1-7(37)35(3)20-17(29)10(21(39)31-2)13(25)11(18(20)30)23(41)33-6-8(38)34-19-15(27)9(22(40)32-4-5-36)14(26)12(16(19)28)24(42)43;1-8-2-4(10)6(12)7(13)5(11)3-9/h36H,4-6H2,1-3H3,(H,31,39)(H,32,40)(H,33,41)(H,34,38)(H,42,43);4-13H,2-3H2,1H3. The fourth-order valence-corrected chi connectivity index (χ4v) is 13.6. The van der Waals surface area contributed by atoms with Crippen LogP contribution in [0.15, 0.2) is 0 Å². The Labute approximate surface area is 402 Å². The molecule has 0 radical (unpaired) electrons. The number of carbonyl (C=O) groups excluding carboxylic acids is 5. The van der Waals surface area contributed by atoms with E-state index < -0.39 is 67.2 Å². The summed E-state index contributed by atoms with van der Waals surface area (Å²) in [6.07, 6.45) is -5.65. The van der Waals surface area contributed by atoms with E-state index in [9.17, 15) is 39.0 Å². The number of aromatic carboxylic acids is 1. The van der Waals surface area contributed by atoms with E-state index in [4.69, 9.17) is 25.5 Å². The van der Waals surface area contributed by atoms with E-state index in [1.165, 1.54) is 25.9 Å². The minimum absolute atomic E-state index is 0.0126. The maximum absolute atomic E-state index is 13.4. The van der Waals surface area contributed by atoms with Gasteiger partial charge in [0.05, 0.1) is 73.8 Å². The molecule has 0 bridgehead atoms. The molecule has 0 aliphatic rings. The lowest BCUT2D eigenvalue weighted by atomic mass is 10.0. The predicted octanol–water partition coefficient (Wildman–Crippen LogP) is 0.0870. The number of carboxylic acids is 1. The number of rotatable bonds is 16. The van der Waals surface area contributed by atoms with E-state index in [1.807, 2.05) is 90.4 Å². The number of hydrogen-bond donors (Lipinski definition) is 12. The number of carboxylic acid groups (broad SMARTS) is 1. The molecule has 2 aromatic rings. The van der Waals surface area contributed by atoms with E-state index in [2.05, 4.69) is 26.6 Å². The largest absolute Gasteiger partial charge is 0.478 e. The van der Waals surface area contributed by atoms with Crippen molar-refractivity contribution in [2.75, 3.05) is 64.2 Å². The molecular weight excluding hydrogens is 1430 g/mol. The Morgan fingerprint density at radius 1 is 0.679 bits per heavy atom. The summed E-state index contributed by atoms with van der Waals surface area (Å²) in [5, 5.41) is 76.5. The number of aliphatic hydroxyl groups is 6. The van der Waals surface area contributed by atoms with Gasteiger partial charge in [-0.3, -0.25) is 24.0 Å². The highest BCUT2D eigenvalue weighted by Crippen LogP contribution is 2.38. The van der Waals surface area contributed by atoms with Crippen LogP contribution in [0.1, 0.15) is 48.4 Å². The SMILES string of the molecule is CNC(=O)c1c(I)c(C(=O)NCC(=O)Nc2c(I)c(C(=O)O)c(I)c(C(=O)NCCO)c2I)c(I)c(N(C)C(C)=O)c1I.CNCC(O)C(O)C(O)C(O)CO. The molecule has 56 heavy (non-hydrogen) atoms. The number of amides is 5. The van der Waals surface area contributed by atoms with Crippen molar-refractivity contribution in [1.29, 1.82) is 0 Å². The molecule has 12 N–H and O–H groups in total. The van der Waals surface area contributed by atoms with E-state index >= 15 is 0 Å². The maximum Gasteiger partial charge on any atom is 0.337 e. The monoisotopic (exact) mass is 1460 g/mol. The molecule has 0 spiro atoms. The second-order valence-electron chi connectivity index (χ2n) is 11.1. The van der Waals surface area contributed by atoms with Crippen molar-refractivity contribution in [3.8, 4) is 0 Å². The Morgan fingerprint density at radius 3 is 1.61 bits per heavy atom. The lowest BCUT2D eigenvalue weighted by Gasteiger charge is -2.25. The first-order valence-corrected chi connectivity index (χ1v) is 22.1. The van der Waals surface area contributed by atoms with Crippen LogP contribution in [0.3, 0.4) is 0 Å². The van der Waals surface area contributed by atoms with Gasteiger partial charge in [-0.25, -0.2) is 4.79 Å². The minimum atomic E-state index is -1.55. The van der Waals surface area contributed by atoms with Crippen LogP contribution in [-0.4, -0.2) is 150 Å². The number of nitrogens with one attached hydrogen (secondary N) is 5. The zero-order chi connectivity index (χ0) is 43.4. The van der Waals surface area contributed by atoms with Crippen LogP contribution in [0, 0.1) is 21.4 Å². The molecule has 0 heterocycles. The zero-order valence-electron chi connectivity index (χ0n) is 29.6. The van der Waals surface area contributed by atoms with Gasteiger partial charge in [-0.15, -0.1) is 0 Å². The van der Waals surface area contributed by atoms with Gasteiger partial charge >= 0.3 is 5.97 Å². The first-order chi connectivity index (χ1) is 26.1. The normalized spacial score (nSPS) is 12.9. The van der Waals surface area contributed by atoms with Gasteiger partial charge in [0.25, 0.3) is 17.7 Å². The third-order valence-electron chi connectivity index (χ3n) is 7.35. The van der Waals surface area contributed by atoms with Gasteiger partial charge in [-0.05, 0) is 143 Å². The number of anilines is 2.